The van der Waals surface area contributed by atoms with Crippen LogP contribution in [-0.2, 0) is 19.1 Å². The lowest BCUT2D eigenvalue weighted by molar-refractivity contribution is -0.163. The van der Waals surface area contributed by atoms with Gasteiger partial charge >= 0.3 is 11.9 Å². The molecule has 0 spiro atoms. The average Bonchev–Trinajstić information content (AvgIpc) is 2.46. The molecule has 2 unspecified atom stereocenters. The third kappa shape index (κ3) is 7.80. The van der Waals surface area contributed by atoms with Crippen molar-refractivity contribution in [3.05, 3.63) is 24.3 Å². The molecule has 0 fully saturated rings. The number of hydrogen-bond acceptors (Lipinski definition) is 8. The lowest BCUT2D eigenvalue weighted by Gasteiger charge is -2.20. The molecule has 0 amide bonds. The van der Waals surface area contributed by atoms with Gasteiger partial charge in [0.15, 0.2) is 0 Å². The van der Waals surface area contributed by atoms with Gasteiger partial charge in [-0.2, -0.15) is 0 Å². The number of ether oxygens (including phenoxy) is 4. The van der Waals surface area contributed by atoms with Gasteiger partial charge in [-0.1, -0.05) is 6.07 Å². The zero-order valence-corrected chi connectivity index (χ0v) is 13.6. The Balaban J connectivity index is 2.76. The van der Waals surface area contributed by atoms with Crippen LogP contribution in [0.15, 0.2) is 24.3 Å². The summed E-state index contributed by atoms with van der Waals surface area (Å²) < 4.78 is 20.9. The van der Waals surface area contributed by atoms with E-state index in [4.69, 9.17) is 29.2 Å². The Morgan fingerprint density at radius 2 is 1.33 bits per heavy atom. The summed E-state index contributed by atoms with van der Waals surface area (Å²) in [6.07, 6.45) is -1.62. The molecule has 0 saturated carbocycles. The summed E-state index contributed by atoms with van der Waals surface area (Å²) in [5, 5.41) is 18.0. The average molecular weight is 342 g/mol. The monoisotopic (exact) mass is 342 g/mol. The second-order valence-electron chi connectivity index (χ2n) is 4.81. The Morgan fingerprint density at radius 1 is 0.917 bits per heavy atom. The van der Waals surface area contributed by atoms with Gasteiger partial charge in [0.25, 0.3) is 0 Å². The van der Waals surface area contributed by atoms with E-state index < -0.39 is 24.5 Å². The molecule has 0 aliphatic heterocycles. The highest BCUT2D eigenvalue weighted by atomic mass is 16.7. The molecule has 0 radical (unpaired) electrons. The highest BCUT2D eigenvalue weighted by Gasteiger charge is 2.16. The summed E-state index contributed by atoms with van der Waals surface area (Å²) in [5.41, 5.74) is 0. The Kier molecular flexibility index (Phi) is 8.59. The minimum absolute atomic E-state index is 0.116. The van der Waals surface area contributed by atoms with Crippen LogP contribution in [0.25, 0.3) is 0 Å². The zero-order chi connectivity index (χ0) is 17.9. The molecular formula is C16H22O8. The van der Waals surface area contributed by atoms with Gasteiger partial charge in [-0.25, -0.2) is 0 Å². The number of aliphatic hydroxyl groups excluding tert-OH is 2. The summed E-state index contributed by atoms with van der Waals surface area (Å²) in [7, 11) is 0. The largest absolute Gasteiger partial charge is 0.455 e. The fraction of sp³-hybridized carbons (Fsp3) is 0.500. The van der Waals surface area contributed by atoms with Crippen molar-refractivity contribution in [2.75, 3.05) is 13.2 Å². The lowest BCUT2D eigenvalue weighted by atomic mass is 10.3. The molecule has 0 heterocycles. The summed E-state index contributed by atoms with van der Waals surface area (Å²) in [4.78, 5) is 22.1. The van der Waals surface area contributed by atoms with Crippen molar-refractivity contribution in [2.45, 2.75) is 39.3 Å². The van der Waals surface area contributed by atoms with Crippen LogP contribution in [0.1, 0.15) is 26.7 Å². The molecule has 0 aliphatic rings. The molecule has 8 nitrogen and oxygen atoms in total. The molecule has 24 heavy (non-hydrogen) atoms. The van der Waals surface area contributed by atoms with Gasteiger partial charge in [0.1, 0.15) is 11.5 Å². The Labute approximate surface area is 139 Å². The summed E-state index contributed by atoms with van der Waals surface area (Å²) in [6, 6.07) is 6.39. The van der Waals surface area contributed by atoms with Gasteiger partial charge in [-0.3, -0.25) is 9.59 Å². The third-order valence-corrected chi connectivity index (χ3v) is 2.66. The number of aliphatic hydroxyl groups is 2. The highest BCUT2D eigenvalue weighted by Crippen LogP contribution is 2.23. The maximum atomic E-state index is 11.0. The maximum absolute atomic E-state index is 11.0. The predicted octanol–water partition coefficient (Wildman–Crippen LogP) is 0.987. The van der Waals surface area contributed by atoms with E-state index in [0.717, 1.165) is 0 Å². The first-order chi connectivity index (χ1) is 11.4. The van der Waals surface area contributed by atoms with E-state index in [1.165, 1.54) is 19.9 Å². The fourth-order valence-corrected chi connectivity index (χ4v) is 1.79. The number of carbonyl (C=O) groups is 2. The van der Waals surface area contributed by atoms with Crippen LogP contribution >= 0.6 is 0 Å². The van der Waals surface area contributed by atoms with E-state index >= 15 is 0 Å². The first kappa shape index (κ1) is 19.7. The van der Waals surface area contributed by atoms with Crippen LogP contribution in [0, 0.1) is 0 Å². The van der Waals surface area contributed by atoms with Crippen LogP contribution in [0.5, 0.6) is 11.5 Å². The van der Waals surface area contributed by atoms with Gasteiger partial charge in [0.2, 0.25) is 12.6 Å². The van der Waals surface area contributed by atoms with Crippen molar-refractivity contribution in [1.82, 2.24) is 0 Å². The molecule has 1 rings (SSSR count). The van der Waals surface area contributed by atoms with Crippen molar-refractivity contribution in [1.29, 1.82) is 0 Å². The standard InChI is InChI=1S/C16H22O8/c1-11(19)21-15(6-8-17)23-13-4-3-5-14(10-13)24-16(7-9-18)22-12(2)20/h3-5,10,15-18H,6-9H2,1-2H3. The van der Waals surface area contributed by atoms with Gasteiger partial charge in [0, 0.05) is 32.8 Å². The number of benzene rings is 1. The first-order valence-electron chi connectivity index (χ1n) is 7.44. The number of rotatable bonds is 10. The van der Waals surface area contributed by atoms with Crippen LogP contribution in [0.4, 0.5) is 0 Å². The summed E-state index contributed by atoms with van der Waals surface area (Å²) in [6.45, 7) is 2.07. The van der Waals surface area contributed by atoms with Gasteiger partial charge in [-0.15, -0.1) is 0 Å². The fourth-order valence-electron chi connectivity index (χ4n) is 1.79. The van der Waals surface area contributed by atoms with Crippen LogP contribution in [0.2, 0.25) is 0 Å². The normalized spacial score (nSPS) is 12.8. The predicted molar refractivity (Wildman–Crippen MR) is 82.2 cm³/mol. The second-order valence-corrected chi connectivity index (χ2v) is 4.81. The molecule has 0 aromatic heterocycles. The minimum Gasteiger partial charge on any atom is -0.455 e. The molecule has 1 aromatic rings. The third-order valence-electron chi connectivity index (χ3n) is 2.66. The van der Waals surface area contributed by atoms with Crippen molar-refractivity contribution in [3.8, 4) is 11.5 Å². The first-order valence-corrected chi connectivity index (χ1v) is 7.44. The van der Waals surface area contributed by atoms with Crippen molar-refractivity contribution in [3.63, 3.8) is 0 Å². The molecule has 134 valence electrons. The molecule has 0 bridgehead atoms. The quantitative estimate of drug-likeness (QED) is 0.478. The topological polar surface area (TPSA) is 112 Å². The Bertz CT molecular complexity index is 487. The van der Waals surface area contributed by atoms with Crippen molar-refractivity contribution < 1.29 is 38.7 Å². The van der Waals surface area contributed by atoms with E-state index in [-0.39, 0.29) is 26.1 Å². The second kappa shape index (κ2) is 10.5. The number of esters is 2. The van der Waals surface area contributed by atoms with E-state index in [9.17, 15) is 9.59 Å². The highest BCUT2D eigenvalue weighted by molar-refractivity contribution is 5.66. The summed E-state index contributed by atoms with van der Waals surface area (Å²) in [5.74, 6) is -0.368. The molecule has 2 N–H and O–H groups in total. The Hall–Kier alpha value is -2.32. The molecule has 0 aliphatic carbocycles. The van der Waals surface area contributed by atoms with E-state index in [2.05, 4.69) is 0 Å². The molecule has 8 heteroatoms. The Morgan fingerprint density at radius 3 is 1.67 bits per heavy atom. The van der Waals surface area contributed by atoms with Crippen LogP contribution in [-0.4, -0.2) is 47.9 Å². The van der Waals surface area contributed by atoms with Gasteiger partial charge < -0.3 is 29.2 Å². The van der Waals surface area contributed by atoms with Crippen LogP contribution in [0.3, 0.4) is 0 Å². The summed E-state index contributed by atoms with van der Waals surface area (Å²) >= 11 is 0. The minimum atomic E-state index is -0.926. The zero-order valence-electron chi connectivity index (χ0n) is 13.6. The van der Waals surface area contributed by atoms with E-state index in [1.54, 1.807) is 18.2 Å². The number of carbonyl (C=O) groups excluding carboxylic acids is 2. The maximum Gasteiger partial charge on any atom is 0.305 e. The van der Waals surface area contributed by atoms with E-state index in [1.807, 2.05) is 0 Å². The smallest absolute Gasteiger partial charge is 0.305 e. The SMILES string of the molecule is CC(=O)OC(CCO)Oc1cccc(OC(CCO)OC(C)=O)c1. The van der Waals surface area contributed by atoms with Gasteiger partial charge in [0.05, 0.1) is 13.2 Å². The van der Waals surface area contributed by atoms with Crippen LogP contribution < -0.4 is 9.47 Å². The van der Waals surface area contributed by atoms with E-state index in [0.29, 0.717) is 11.5 Å². The van der Waals surface area contributed by atoms with Gasteiger partial charge in [-0.05, 0) is 12.1 Å². The molecule has 0 saturated heterocycles. The molecular weight excluding hydrogens is 320 g/mol. The number of hydrogen-bond donors (Lipinski definition) is 2. The lowest BCUT2D eigenvalue weighted by Crippen LogP contribution is -2.25. The molecule has 2 atom stereocenters. The van der Waals surface area contributed by atoms with Crippen molar-refractivity contribution in [2.24, 2.45) is 0 Å². The molecule has 1 aromatic carbocycles. The van der Waals surface area contributed by atoms with Crippen molar-refractivity contribution >= 4 is 11.9 Å².